The number of carboxylic acids is 1. The molecule has 2 saturated heterocycles. The quantitative estimate of drug-likeness (QED) is 0.0852. The first-order valence-electron chi connectivity index (χ1n) is 40.8. The molecule has 4 aliphatic heterocycles. The van der Waals surface area contributed by atoms with Crippen molar-refractivity contribution in [1.82, 2.24) is 39.2 Å². The zero-order valence-electron chi connectivity index (χ0n) is 68.5. The van der Waals surface area contributed by atoms with E-state index >= 15 is 0 Å². The maximum absolute atomic E-state index is 14.9. The van der Waals surface area contributed by atoms with Gasteiger partial charge in [-0.2, -0.15) is 0 Å². The van der Waals surface area contributed by atoms with E-state index < -0.39 is 129 Å². The average molecular weight is 1660 g/mol. The number of amides is 4. The molecule has 14 rings (SSSR count). The Morgan fingerprint density at radius 2 is 1.00 bits per heavy atom. The summed E-state index contributed by atoms with van der Waals surface area (Å²) in [5.74, 6) is -4.22. The summed E-state index contributed by atoms with van der Waals surface area (Å²) in [6, 6.07) is 8.91. The molecular weight excluding hydrogens is 1540 g/mol. The number of nitrogens with zero attached hydrogens (tertiary/aromatic N) is 6. The highest BCUT2D eigenvalue weighted by Crippen LogP contribution is 2.59. The van der Waals surface area contributed by atoms with Crippen molar-refractivity contribution in [3.05, 3.63) is 47.8 Å². The first kappa shape index (κ1) is 89.8. The molecule has 6 saturated carbocycles. The van der Waals surface area contributed by atoms with Crippen LogP contribution in [-0.4, -0.2) is 178 Å². The summed E-state index contributed by atoms with van der Waals surface area (Å²) in [6.45, 7) is 22.3. The predicted octanol–water partition coefficient (Wildman–Crippen LogP) is 11.3. The smallest absolute Gasteiger partial charge is 0.326 e. The number of nitrogens with one attached hydrogen (secondary N) is 2. The van der Waals surface area contributed by atoms with Gasteiger partial charge in [0.2, 0.25) is 49.5 Å². The lowest BCUT2D eigenvalue weighted by Crippen LogP contribution is -2.50. The van der Waals surface area contributed by atoms with Crippen LogP contribution in [-0.2, 0) is 80.7 Å². The number of nitrogens with two attached hydrogens (primary N) is 1. The zero-order chi connectivity index (χ0) is 82.0. The van der Waals surface area contributed by atoms with E-state index in [1.54, 1.807) is 47.1 Å². The molecule has 4 bridgehead atoms. The summed E-state index contributed by atoms with van der Waals surface area (Å²) in [5.41, 5.74) is 6.49. The van der Waals surface area contributed by atoms with Crippen LogP contribution in [0, 0.1) is 63.6 Å². The summed E-state index contributed by atoms with van der Waals surface area (Å²) in [4.78, 5) is 131. The second-order valence-corrected chi connectivity index (χ2v) is 41.0. The number of Topliss-reactive ketones (excluding diaryl/α,β-unsaturated/α-hetero) is 1. The fraction of sp³-hybridized carbons (Fsp3) is 0.714. The molecule has 0 spiro atoms. The van der Waals surface area contributed by atoms with E-state index in [4.69, 9.17) is 54.1 Å². The molecule has 2 aromatic heterocycles. The number of fused-ring (bicyclic) bond motifs is 10. The lowest BCUT2D eigenvalue weighted by molar-refractivity contribution is -0.157. The Kier molecular flexibility index (Phi) is 26.9. The number of aryl methyl sites for hydroxylation is 2. The average Bonchev–Trinajstić information content (AvgIpc) is 1.59. The van der Waals surface area contributed by atoms with Gasteiger partial charge in [-0.25, -0.2) is 41.6 Å². The Morgan fingerprint density at radius 1 is 0.583 bits per heavy atom. The van der Waals surface area contributed by atoms with E-state index in [-0.39, 0.29) is 93.8 Å². The molecule has 0 radical (unpaired) electrons. The summed E-state index contributed by atoms with van der Waals surface area (Å²) in [5, 5.41) is 10.2. The fourth-order valence-electron chi connectivity index (χ4n) is 17.1. The Balaban J connectivity index is 0.000000206. The molecule has 31 heteroatoms. The van der Waals surface area contributed by atoms with Crippen molar-refractivity contribution >= 4 is 102 Å². The summed E-state index contributed by atoms with van der Waals surface area (Å²) in [6.07, 6.45) is 13.1. The number of methoxy groups -OCH3 is 2. The number of halogens is 1. The number of carbonyl (C=O) groups excluding carboxylic acids is 7. The highest BCUT2D eigenvalue weighted by atomic mass is 35.5. The number of hydrogen-bond donors (Lipinski definition) is 4. The number of carboxylic acid groups (broad SMARTS) is 1. The number of sulfonamides is 2. The third kappa shape index (κ3) is 19.6. The molecule has 5 N–H and O–H groups in total. The zero-order valence-corrected chi connectivity index (χ0v) is 71.0. The van der Waals surface area contributed by atoms with Crippen LogP contribution in [0.15, 0.2) is 36.4 Å². The number of carbonyl (C=O) groups is 8. The molecule has 636 valence electrons. The van der Waals surface area contributed by atoms with Gasteiger partial charge in [0.05, 0.1) is 101 Å². The van der Waals surface area contributed by atoms with Gasteiger partial charge >= 0.3 is 17.9 Å². The van der Waals surface area contributed by atoms with Crippen molar-refractivity contribution in [1.29, 1.82) is 0 Å². The van der Waals surface area contributed by atoms with E-state index in [1.165, 1.54) is 9.80 Å². The van der Waals surface area contributed by atoms with Gasteiger partial charge in [-0.3, -0.25) is 43.0 Å². The van der Waals surface area contributed by atoms with Crippen molar-refractivity contribution in [3.63, 3.8) is 0 Å². The summed E-state index contributed by atoms with van der Waals surface area (Å²) >= 11 is 0. The first-order valence-corrected chi connectivity index (χ1v) is 43.8. The first-order chi connectivity index (χ1) is 53.1. The predicted molar refractivity (Wildman–Crippen MR) is 433 cm³/mol. The Bertz CT molecular complexity index is 4590. The third-order valence-electron chi connectivity index (χ3n) is 26.2. The number of ether oxygens (including phenoxy) is 6. The number of aromatic nitrogens is 4. The lowest BCUT2D eigenvalue weighted by atomic mass is 9.77. The summed E-state index contributed by atoms with van der Waals surface area (Å²) < 4.78 is 88.4. The van der Waals surface area contributed by atoms with E-state index in [1.807, 2.05) is 86.6 Å². The molecule has 10 aliphatic rings. The van der Waals surface area contributed by atoms with Crippen LogP contribution in [0.5, 0.6) is 23.3 Å². The normalized spacial score (nSPS) is 30.9. The van der Waals surface area contributed by atoms with Gasteiger partial charge in [0, 0.05) is 30.4 Å². The van der Waals surface area contributed by atoms with E-state index in [0.29, 0.717) is 115 Å². The molecule has 8 fully saturated rings. The second kappa shape index (κ2) is 34.4. The van der Waals surface area contributed by atoms with Gasteiger partial charge in [-0.05, 0) is 163 Å². The summed E-state index contributed by atoms with van der Waals surface area (Å²) in [7, 11) is -4.29. The molecule has 28 nitrogen and oxygen atoms in total. The van der Waals surface area contributed by atoms with Crippen LogP contribution in [0.25, 0.3) is 22.1 Å². The molecule has 6 heterocycles. The SMILES string of the molecule is C.CC[C@@H]1C[C@]1(CC(=O)[C@@H]1[C@H](C)[C@@H]2CN1C(=O)[C@H](C(C)(C)C)CC(=O)O[C@@H]1C[C@H]1CCCCCc1nc3ccc(OC)cc3nc1O2)C(=O)NS(=O)(=O)C1(C)CC1.CC[C@@H]1C[C@]1(N)C(=O)NS(=O)(=O)C1(C)CC1.COc1ccc2nc3c(nc2c1)O[C@H]1CN(C(=O)[C@H](C(C)(C)C)CC(=O)OC2C[C@H]2CCCCC3)[C@H](C(=O)O)[C@@H]1C.Cl. The number of aliphatic carboxylic acids is 1. The van der Waals surface area contributed by atoms with Crippen LogP contribution in [0.3, 0.4) is 0 Å². The Hall–Kier alpha value is -7.57. The van der Waals surface area contributed by atoms with E-state index in [0.717, 1.165) is 81.8 Å². The molecule has 16 atom stereocenters. The third-order valence-corrected chi connectivity index (χ3v) is 30.5. The molecule has 4 amide bonds. The van der Waals surface area contributed by atoms with Gasteiger partial charge in [0.1, 0.15) is 53.3 Å². The Labute approximate surface area is 683 Å². The minimum atomic E-state index is -3.93. The molecule has 1 unspecified atom stereocenters. The maximum atomic E-state index is 14.9. The van der Waals surface area contributed by atoms with Crippen LogP contribution in [0.4, 0.5) is 0 Å². The standard InChI is InChI=1S/C42H58N4O9S.C31H41N3O7.C10H18N2O3S.CH4.ClH/c1-8-26-21-42(26,39(50)45-56(51,52)41(6)16-17-41)22-32(47)36-24(2)34-23-46(36)38(49)28(40(3,4)5)20-35(48)54-33-18-25(33)12-10-9-11-13-30-37(55-34)44-31-19-27(53-7)14-15-29(31)43-30;1-17-25-16-34(27(17)30(37)38)29(36)20(31(2,3)4)15-26(35)40-24-13-18(24)9-7-6-8-10-22-28(41-25)33-23-14-19(39-5)11-12-21(23)32-22;1-3-7-6-10(7,11)8(13)12-16(14,15)9(2)4-5-9;;/h14-15,19,24-26,28,33-34,36H,8-13,16-18,20-23H2,1-7H3,(H,45,50);11-12,14,17-18,20,24-25,27H,6-10,13,15-16H2,1-5H3,(H,37,38);7H,3-6,11H2,1-2H3,(H,12,13);1H4;1H/t24-,25-,26-,28-,33-,34+,36+,42-;17-,18-,20-,24?,25+,27+;7-,10-;;/m111../s1. The van der Waals surface area contributed by atoms with Gasteiger partial charge in [-0.1, -0.05) is 115 Å². The van der Waals surface area contributed by atoms with Crippen molar-refractivity contribution in [2.75, 3.05) is 27.3 Å². The molecule has 6 aliphatic carbocycles. The van der Waals surface area contributed by atoms with Crippen LogP contribution >= 0.6 is 12.4 Å². The topological polar surface area (TPSA) is 389 Å². The molecule has 4 aromatic rings. The highest BCUT2D eigenvalue weighted by molar-refractivity contribution is 7.92. The minimum absolute atomic E-state index is 0. The van der Waals surface area contributed by atoms with Gasteiger partial charge < -0.3 is 49.1 Å². The number of rotatable bonds is 14. The highest BCUT2D eigenvalue weighted by Gasteiger charge is 2.64. The monoisotopic (exact) mass is 1660 g/mol. The number of ketones is 1. The minimum Gasteiger partial charge on any atom is -0.497 e. The lowest BCUT2D eigenvalue weighted by Gasteiger charge is -2.35. The molecule has 115 heavy (non-hydrogen) atoms. The van der Waals surface area contributed by atoms with E-state index in [2.05, 4.69) is 9.44 Å². The maximum Gasteiger partial charge on any atom is 0.326 e. The van der Waals surface area contributed by atoms with Crippen molar-refractivity contribution in [2.24, 2.45) is 69.3 Å². The van der Waals surface area contributed by atoms with Crippen molar-refractivity contribution in [2.45, 2.75) is 290 Å². The van der Waals surface area contributed by atoms with E-state index in [9.17, 15) is 60.3 Å². The van der Waals surface area contributed by atoms with Gasteiger partial charge in [-0.15, -0.1) is 12.4 Å². The fourth-order valence-corrected chi connectivity index (χ4v) is 19.7. The number of esters is 2. The number of benzene rings is 2. The number of hydrogen-bond acceptors (Lipinski definition) is 23. The van der Waals surface area contributed by atoms with Gasteiger partial charge in [0.15, 0.2) is 5.78 Å². The van der Waals surface area contributed by atoms with Crippen LogP contribution in [0.2, 0.25) is 0 Å². The van der Waals surface area contributed by atoms with Crippen molar-refractivity contribution < 1.29 is 88.7 Å². The second-order valence-electron chi connectivity index (χ2n) is 36.6. The largest absolute Gasteiger partial charge is 0.497 e. The molecular formula is C84H122ClN9O19S2. The van der Waals surface area contributed by atoms with Crippen LogP contribution < -0.4 is 34.1 Å². The van der Waals surface area contributed by atoms with Crippen LogP contribution in [0.1, 0.15) is 237 Å². The van der Waals surface area contributed by atoms with Crippen molar-refractivity contribution in [3.8, 4) is 23.3 Å². The Morgan fingerprint density at radius 3 is 1.38 bits per heavy atom. The molecule has 2 aromatic carbocycles. The van der Waals surface area contributed by atoms with Gasteiger partial charge in [0.25, 0.3) is 5.91 Å².